The summed E-state index contributed by atoms with van der Waals surface area (Å²) >= 11 is 0. The largest absolute Gasteiger partial charge is 0.497 e. The molecule has 1 aliphatic heterocycles. The highest BCUT2D eigenvalue weighted by Crippen LogP contribution is 2.21. The van der Waals surface area contributed by atoms with Crippen molar-refractivity contribution in [3.8, 4) is 11.5 Å². The molecule has 156 valence electrons. The van der Waals surface area contributed by atoms with Gasteiger partial charge >= 0.3 is 0 Å². The van der Waals surface area contributed by atoms with Crippen molar-refractivity contribution in [2.24, 2.45) is 0 Å². The molecule has 2 aromatic rings. The lowest BCUT2D eigenvalue weighted by atomic mass is 10.2. The smallest absolute Gasteiger partial charge is 0.225 e. The summed E-state index contributed by atoms with van der Waals surface area (Å²) in [6.45, 7) is 8.60. The van der Waals surface area contributed by atoms with E-state index in [0.717, 1.165) is 49.9 Å². The van der Waals surface area contributed by atoms with Gasteiger partial charge in [0.15, 0.2) is 0 Å². The van der Waals surface area contributed by atoms with Crippen LogP contribution in [0.4, 0.5) is 11.4 Å². The average molecular weight is 398 g/mol. The third kappa shape index (κ3) is 6.39. The lowest BCUT2D eigenvalue weighted by Gasteiger charge is -2.36. The van der Waals surface area contributed by atoms with Gasteiger partial charge in [-0.15, -0.1) is 0 Å². The van der Waals surface area contributed by atoms with Crippen molar-refractivity contribution in [3.05, 3.63) is 48.5 Å². The van der Waals surface area contributed by atoms with E-state index in [1.54, 1.807) is 7.11 Å². The number of hydrogen-bond donors (Lipinski definition) is 1. The molecule has 0 atom stereocenters. The standard InChI is InChI=1S/C23H31N3O3/c1-18(2)29-22-8-4-19(5-9-22)24-23(27)12-13-25-14-16-26(17-15-25)20-6-10-21(28-3)11-7-20/h4-11,18H,12-17H2,1-3H3,(H,24,27). The van der Waals surface area contributed by atoms with E-state index in [1.165, 1.54) is 5.69 Å². The van der Waals surface area contributed by atoms with Crippen molar-refractivity contribution in [1.29, 1.82) is 0 Å². The van der Waals surface area contributed by atoms with Crippen LogP contribution in [-0.4, -0.2) is 56.7 Å². The molecule has 1 saturated heterocycles. The van der Waals surface area contributed by atoms with Gasteiger partial charge in [0, 0.05) is 50.5 Å². The summed E-state index contributed by atoms with van der Waals surface area (Å²) in [5, 5.41) is 2.96. The molecular formula is C23H31N3O3. The molecule has 0 spiro atoms. The number of anilines is 2. The van der Waals surface area contributed by atoms with Gasteiger partial charge in [0.2, 0.25) is 5.91 Å². The molecule has 6 heteroatoms. The number of rotatable bonds is 8. The third-order valence-electron chi connectivity index (χ3n) is 4.97. The molecule has 1 fully saturated rings. The summed E-state index contributed by atoms with van der Waals surface area (Å²) in [6, 6.07) is 15.7. The number of piperazine rings is 1. The normalized spacial score (nSPS) is 14.7. The van der Waals surface area contributed by atoms with E-state index in [4.69, 9.17) is 9.47 Å². The zero-order chi connectivity index (χ0) is 20.6. The minimum absolute atomic E-state index is 0.0418. The SMILES string of the molecule is COc1ccc(N2CCN(CCC(=O)Nc3ccc(OC(C)C)cc3)CC2)cc1. The summed E-state index contributed by atoms with van der Waals surface area (Å²) in [7, 11) is 1.68. The monoisotopic (exact) mass is 397 g/mol. The van der Waals surface area contributed by atoms with E-state index >= 15 is 0 Å². The van der Waals surface area contributed by atoms with Crippen LogP contribution in [0, 0.1) is 0 Å². The van der Waals surface area contributed by atoms with Crippen LogP contribution in [0.15, 0.2) is 48.5 Å². The van der Waals surface area contributed by atoms with Crippen molar-refractivity contribution in [1.82, 2.24) is 4.90 Å². The van der Waals surface area contributed by atoms with Gasteiger partial charge in [0.25, 0.3) is 0 Å². The third-order valence-corrected chi connectivity index (χ3v) is 4.97. The van der Waals surface area contributed by atoms with Crippen molar-refractivity contribution in [2.75, 3.05) is 50.1 Å². The van der Waals surface area contributed by atoms with Gasteiger partial charge in [-0.3, -0.25) is 9.69 Å². The summed E-state index contributed by atoms with van der Waals surface area (Å²) in [4.78, 5) is 17.0. The van der Waals surface area contributed by atoms with Gasteiger partial charge in [-0.1, -0.05) is 0 Å². The zero-order valence-corrected chi connectivity index (χ0v) is 17.6. The molecule has 1 heterocycles. The molecule has 29 heavy (non-hydrogen) atoms. The van der Waals surface area contributed by atoms with E-state index < -0.39 is 0 Å². The number of amides is 1. The van der Waals surface area contributed by atoms with Crippen LogP contribution < -0.4 is 19.7 Å². The molecule has 0 saturated carbocycles. The summed E-state index contributed by atoms with van der Waals surface area (Å²) < 4.78 is 10.8. The van der Waals surface area contributed by atoms with Crippen molar-refractivity contribution in [2.45, 2.75) is 26.4 Å². The molecular weight excluding hydrogens is 366 g/mol. The van der Waals surface area contributed by atoms with E-state index in [1.807, 2.05) is 50.2 Å². The molecule has 1 aliphatic rings. The highest BCUT2D eigenvalue weighted by molar-refractivity contribution is 5.90. The fourth-order valence-electron chi connectivity index (χ4n) is 3.39. The van der Waals surface area contributed by atoms with Gasteiger partial charge in [-0.05, 0) is 62.4 Å². The summed E-state index contributed by atoms with van der Waals surface area (Å²) in [5.41, 5.74) is 2.02. The molecule has 6 nitrogen and oxygen atoms in total. The van der Waals surface area contributed by atoms with Crippen LogP contribution in [0.3, 0.4) is 0 Å². The quantitative estimate of drug-likeness (QED) is 0.737. The molecule has 2 aromatic carbocycles. The van der Waals surface area contributed by atoms with Gasteiger partial charge in [-0.2, -0.15) is 0 Å². The van der Waals surface area contributed by atoms with Gasteiger partial charge < -0.3 is 19.7 Å². The molecule has 0 unspecified atom stereocenters. The summed E-state index contributed by atoms with van der Waals surface area (Å²) in [6.07, 6.45) is 0.632. The van der Waals surface area contributed by atoms with Gasteiger partial charge in [0.1, 0.15) is 11.5 Å². The Bertz CT molecular complexity index is 767. The predicted molar refractivity (Wildman–Crippen MR) is 117 cm³/mol. The average Bonchev–Trinajstić information content (AvgIpc) is 2.74. The fraction of sp³-hybridized carbons (Fsp3) is 0.435. The van der Waals surface area contributed by atoms with Crippen LogP contribution in [0.1, 0.15) is 20.3 Å². The zero-order valence-electron chi connectivity index (χ0n) is 17.6. The molecule has 3 rings (SSSR count). The van der Waals surface area contributed by atoms with Crippen LogP contribution >= 0.6 is 0 Å². The topological polar surface area (TPSA) is 54.0 Å². The molecule has 0 aliphatic carbocycles. The number of ether oxygens (including phenoxy) is 2. The number of methoxy groups -OCH3 is 1. The summed E-state index contributed by atoms with van der Waals surface area (Å²) in [5.74, 6) is 1.73. The molecule has 0 bridgehead atoms. The first kappa shape index (κ1) is 21.0. The lowest BCUT2D eigenvalue weighted by Crippen LogP contribution is -2.47. The van der Waals surface area contributed by atoms with E-state index in [-0.39, 0.29) is 12.0 Å². The molecule has 1 amide bonds. The second kappa shape index (κ2) is 10.2. The highest BCUT2D eigenvalue weighted by atomic mass is 16.5. The van der Waals surface area contributed by atoms with Crippen molar-refractivity contribution >= 4 is 17.3 Å². The lowest BCUT2D eigenvalue weighted by molar-refractivity contribution is -0.116. The highest BCUT2D eigenvalue weighted by Gasteiger charge is 2.18. The first-order valence-corrected chi connectivity index (χ1v) is 10.2. The second-order valence-electron chi connectivity index (χ2n) is 7.52. The number of hydrogen-bond acceptors (Lipinski definition) is 5. The van der Waals surface area contributed by atoms with E-state index in [9.17, 15) is 4.79 Å². The predicted octanol–water partition coefficient (Wildman–Crippen LogP) is 3.63. The van der Waals surface area contributed by atoms with E-state index in [0.29, 0.717) is 6.42 Å². The number of nitrogens with zero attached hydrogens (tertiary/aromatic N) is 2. The maximum absolute atomic E-state index is 12.3. The Kier molecular flexibility index (Phi) is 7.36. The minimum Gasteiger partial charge on any atom is -0.497 e. The molecule has 1 N–H and O–H groups in total. The Labute approximate surface area is 173 Å². The van der Waals surface area contributed by atoms with Crippen LogP contribution in [0.25, 0.3) is 0 Å². The molecule has 0 radical (unpaired) electrons. The van der Waals surface area contributed by atoms with Crippen LogP contribution in [0.5, 0.6) is 11.5 Å². The number of carbonyl (C=O) groups is 1. The molecule has 0 aromatic heterocycles. The first-order valence-electron chi connectivity index (χ1n) is 10.2. The number of nitrogens with one attached hydrogen (secondary N) is 1. The Hall–Kier alpha value is -2.73. The first-order chi connectivity index (χ1) is 14.0. The Morgan fingerprint density at radius 1 is 0.966 bits per heavy atom. The maximum atomic E-state index is 12.3. The van der Waals surface area contributed by atoms with Crippen LogP contribution in [0.2, 0.25) is 0 Å². The van der Waals surface area contributed by atoms with E-state index in [2.05, 4.69) is 27.2 Å². The van der Waals surface area contributed by atoms with Crippen LogP contribution in [-0.2, 0) is 4.79 Å². The Morgan fingerprint density at radius 2 is 1.59 bits per heavy atom. The second-order valence-corrected chi connectivity index (χ2v) is 7.52. The Morgan fingerprint density at radius 3 is 2.17 bits per heavy atom. The van der Waals surface area contributed by atoms with Crippen molar-refractivity contribution in [3.63, 3.8) is 0 Å². The van der Waals surface area contributed by atoms with Gasteiger partial charge in [-0.25, -0.2) is 0 Å². The minimum atomic E-state index is 0.0418. The maximum Gasteiger partial charge on any atom is 0.225 e. The number of carbonyl (C=O) groups excluding carboxylic acids is 1. The fourth-order valence-corrected chi connectivity index (χ4v) is 3.39. The van der Waals surface area contributed by atoms with Crippen molar-refractivity contribution < 1.29 is 14.3 Å². The number of benzene rings is 2. The van der Waals surface area contributed by atoms with Gasteiger partial charge in [0.05, 0.1) is 13.2 Å². The Balaban J connectivity index is 1.38.